The monoisotopic (exact) mass is 291 g/mol. The molecule has 1 N–H and O–H groups in total. The summed E-state index contributed by atoms with van der Waals surface area (Å²) in [6, 6.07) is 5.41. The Labute approximate surface area is 121 Å². The second-order valence-electron chi connectivity index (χ2n) is 4.66. The van der Waals surface area contributed by atoms with Crippen LogP contribution in [0, 0.1) is 6.92 Å². The molecule has 104 valence electrons. The fourth-order valence-electron chi connectivity index (χ4n) is 2.16. The van der Waals surface area contributed by atoms with Gasteiger partial charge in [0.25, 0.3) is 5.91 Å². The van der Waals surface area contributed by atoms with Crippen LogP contribution in [0.1, 0.15) is 22.3 Å². The van der Waals surface area contributed by atoms with E-state index in [9.17, 15) is 4.79 Å². The topological polar surface area (TPSA) is 56.2 Å². The standard InChI is InChI=1S/C14H14ClN3O2/c1-9-11(15)4-2-5-12(9)17-13(19)10-8-16-18-6-3-7-20-14(10)18/h2,4-5,8H,3,6-7H2,1H3,(H,17,19). The van der Waals surface area contributed by atoms with Crippen molar-refractivity contribution in [2.45, 2.75) is 19.9 Å². The van der Waals surface area contributed by atoms with E-state index < -0.39 is 0 Å². The molecule has 0 saturated heterocycles. The van der Waals surface area contributed by atoms with Gasteiger partial charge in [0.2, 0.25) is 5.88 Å². The molecule has 1 aromatic carbocycles. The maximum atomic E-state index is 12.3. The van der Waals surface area contributed by atoms with Gasteiger partial charge in [-0.3, -0.25) is 4.79 Å². The largest absolute Gasteiger partial charge is 0.477 e. The Morgan fingerprint density at radius 3 is 3.20 bits per heavy atom. The third-order valence-corrected chi connectivity index (χ3v) is 3.71. The van der Waals surface area contributed by atoms with Crippen LogP contribution in [-0.2, 0) is 6.54 Å². The van der Waals surface area contributed by atoms with Gasteiger partial charge in [-0.2, -0.15) is 5.10 Å². The lowest BCUT2D eigenvalue weighted by Crippen LogP contribution is -2.18. The number of carbonyl (C=O) groups excluding carboxylic acids is 1. The van der Waals surface area contributed by atoms with Crippen LogP contribution in [-0.4, -0.2) is 22.3 Å². The molecule has 2 aromatic rings. The van der Waals surface area contributed by atoms with Crippen molar-refractivity contribution in [1.82, 2.24) is 9.78 Å². The van der Waals surface area contributed by atoms with Crippen molar-refractivity contribution in [3.05, 3.63) is 40.5 Å². The molecular formula is C14H14ClN3O2. The first-order valence-corrected chi connectivity index (χ1v) is 6.79. The van der Waals surface area contributed by atoms with Crippen LogP contribution in [0.15, 0.2) is 24.4 Å². The molecule has 1 amide bonds. The quantitative estimate of drug-likeness (QED) is 0.925. The lowest BCUT2D eigenvalue weighted by Gasteiger charge is -2.16. The number of nitrogens with zero attached hydrogens (tertiary/aromatic N) is 2. The highest BCUT2D eigenvalue weighted by Crippen LogP contribution is 2.26. The average Bonchev–Trinajstić information content (AvgIpc) is 2.88. The summed E-state index contributed by atoms with van der Waals surface area (Å²) < 4.78 is 7.23. The Bertz CT molecular complexity index is 666. The van der Waals surface area contributed by atoms with Crippen LogP contribution in [0.4, 0.5) is 5.69 Å². The maximum Gasteiger partial charge on any atom is 0.262 e. The molecule has 1 aliphatic rings. The van der Waals surface area contributed by atoms with Crippen LogP contribution >= 0.6 is 11.6 Å². The number of anilines is 1. The van der Waals surface area contributed by atoms with E-state index in [4.69, 9.17) is 16.3 Å². The van der Waals surface area contributed by atoms with Gasteiger partial charge in [-0.15, -0.1) is 0 Å². The summed E-state index contributed by atoms with van der Waals surface area (Å²) in [5.41, 5.74) is 1.98. The van der Waals surface area contributed by atoms with Crippen LogP contribution in [0.3, 0.4) is 0 Å². The smallest absolute Gasteiger partial charge is 0.262 e. The zero-order valence-electron chi connectivity index (χ0n) is 11.0. The number of hydrogen-bond acceptors (Lipinski definition) is 3. The Hall–Kier alpha value is -2.01. The lowest BCUT2D eigenvalue weighted by atomic mass is 10.2. The zero-order chi connectivity index (χ0) is 14.1. The van der Waals surface area contributed by atoms with Crippen molar-refractivity contribution in [3.8, 4) is 5.88 Å². The fraction of sp³-hybridized carbons (Fsp3) is 0.286. The number of hydrogen-bond donors (Lipinski definition) is 1. The Kier molecular flexibility index (Phi) is 3.36. The first-order valence-electron chi connectivity index (χ1n) is 6.42. The number of fused-ring (bicyclic) bond motifs is 1. The van der Waals surface area contributed by atoms with Crippen molar-refractivity contribution >= 4 is 23.2 Å². The highest BCUT2D eigenvalue weighted by molar-refractivity contribution is 6.31. The van der Waals surface area contributed by atoms with Gasteiger partial charge in [-0.05, 0) is 24.6 Å². The normalized spacial score (nSPS) is 13.5. The van der Waals surface area contributed by atoms with Crippen molar-refractivity contribution in [3.63, 3.8) is 0 Å². The number of aromatic nitrogens is 2. The second kappa shape index (κ2) is 5.17. The minimum atomic E-state index is -0.237. The van der Waals surface area contributed by atoms with Gasteiger partial charge in [0.15, 0.2) is 0 Å². The van der Waals surface area contributed by atoms with Gasteiger partial charge in [0, 0.05) is 23.7 Å². The maximum absolute atomic E-state index is 12.3. The number of carbonyl (C=O) groups is 1. The second-order valence-corrected chi connectivity index (χ2v) is 5.06. The predicted molar refractivity (Wildman–Crippen MR) is 76.5 cm³/mol. The van der Waals surface area contributed by atoms with Crippen molar-refractivity contribution in [1.29, 1.82) is 0 Å². The number of halogens is 1. The summed E-state index contributed by atoms with van der Waals surface area (Å²) in [6.07, 6.45) is 2.44. The van der Waals surface area contributed by atoms with Crippen LogP contribution in [0.25, 0.3) is 0 Å². The minimum absolute atomic E-state index is 0.237. The molecule has 0 saturated carbocycles. The summed E-state index contributed by atoms with van der Waals surface area (Å²) in [5, 5.41) is 7.63. The van der Waals surface area contributed by atoms with Crippen molar-refractivity contribution < 1.29 is 9.53 Å². The predicted octanol–water partition coefficient (Wildman–Crippen LogP) is 2.88. The van der Waals surface area contributed by atoms with E-state index in [0.717, 1.165) is 18.5 Å². The van der Waals surface area contributed by atoms with Gasteiger partial charge in [0.1, 0.15) is 5.56 Å². The van der Waals surface area contributed by atoms with E-state index in [1.165, 1.54) is 6.20 Å². The number of ether oxygens (including phenoxy) is 1. The summed E-state index contributed by atoms with van der Waals surface area (Å²) in [4.78, 5) is 12.3. The number of rotatable bonds is 2. The van der Waals surface area contributed by atoms with Crippen LogP contribution in [0.2, 0.25) is 5.02 Å². The fourth-order valence-corrected chi connectivity index (χ4v) is 2.33. The van der Waals surface area contributed by atoms with Crippen molar-refractivity contribution in [2.24, 2.45) is 0 Å². The molecule has 0 aliphatic carbocycles. The third kappa shape index (κ3) is 2.25. The van der Waals surface area contributed by atoms with E-state index >= 15 is 0 Å². The molecule has 0 atom stereocenters. The molecule has 6 heteroatoms. The van der Waals surface area contributed by atoms with Crippen LogP contribution in [0.5, 0.6) is 5.88 Å². The molecule has 5 nitrogen and oxygen atoms in total. The first kappa shape index (κ1) is 13.0. The summed E-state index contributed by atoms with van der Waals surface area (Å²) in [6.45, 7) is 3.25. The minimum Gasteiger partial charge on any atom is -0.477 e. The molecule has 1 aliphatic heterocycles. The van der Waals surface area contributed by atoms with Crippen LogP contribution < -0.4 is 10.1 Å². The van der Waals surface area contributed by atoms with Crippen molar-refractivity contribution in [2.75, 3.05) is 11.9 Å². The van der Waals surface area contributed by atoms with E-state index in [0.29, 0.717) is 28.8 Å². The highest BCUT2D eigenvalue weighted by atomic mass is 35.5. The van der Waals surface area contributed by atoms with Gasteiger partial charge in [-0.1, -0.05) is 17.7 Å². The Balaban J connectivity index is 1.86. The van der Waals surface area contributed by atoms with E-state index in [1.54, 1.807) is 16.8 Å². The highest BCUT2D eigenvalue weighted by Gasteiger charge is 2.22. The molecule has 0 bridgehead atoms. The average molecular weight is 292 g/mol. The molecular weight excluding hydrogens is 278 g/mol. The third-order valence-electron chi connectivity index (χ3n) is 3.30. The summed E-state index contributed by atoms with van der Waals surface area (Å²) in [5.74, 6) is 0.298. The number of amides is 1. The van der Waals surface area contributed by atoms with E-state index in [-0.39, 0.29) is 5.91 Å². The zero-order valence-corrected chi connectivity index (χ0v) is 11.8. The SMILES string of the molecule is Cc1c(Cl)cccc1NC(=O)c1cnn2c1OCCC2. The molecule has 0 radical (unpaired) electrons. The molecule has 0 spiro atoms. The van der Waals surface area contributed by atoms with Gasteiger partial charge >= 0.3 is 0 Å². The van der Waals surface area contributed by atoms with Gasteiger partial charge < -0.3 is 10.1 Å². The van der Waals surface area contributed by atoms with Gasteiger partial charge in [-0.25, -0.2) is 4.68 Å². The molecule has 1 aromatic heterocycles. The van der Waals surface area contributed by atoms with E-state index in [1.807, 2.05) is 13.0 Å². The number of nitrogens with one attached hydrogen (secondary N) is 1. The van der Waals surface area contributed by atoms with Gasteiger partial charge in [0.05, 0.1) is 12.8 Å². The van der Waals surface area contributed by atoms with E-state index in [2.05, 4.69) is 10.4 Å². The number of benzene rings is 1. The summed E-state index contributed by atoms with van der Waals surface area (Å²) in [7, 11) is 0. The molecule has 3 rings (SSSR count). The molecule has 0 unspecified atom stereocenters. The molecule has 2 heterocycles. The Morgan fingerprint density at radius 2 is 2.35 bits per heavy atom. The summed E-state index contributed by atoms with van der Waals surface area (Å²) >= 11 is 6.05. The number of aryl methyl sites for hydroxylation is 1. The Morgan fingerprint density at radius 1 is 1.50 bits per heavy atom. The lowest BCUT2D eigenvalue weighted by molar-refractivity contribution is 0.102. The first-order chi connectivity index (χ1) is 9.66. The molecule has 20 heavy (non-hydrogen) atoms. The molecule has 0 fully saturated rings.